The molecule has 0 saturated carbocycles. The van der Waals surface area contributed by atoms with E-state index < -0.39 is 83.5 Å². The van der Waals surface area contributed by atoms with E-state index in [2.05, 4.69) is 48.9 Å². The van der Waals surface area contributed by atoms with Crippen LogP contribution in [0.1, 0.15) is 78.6 Å². The van der Waals surface area contributed by atoms with Crippen molar-refractivity contribution in [3.63, 3.8) is 0 Å². The van der Waals surface area contributed by atoms with E-state index in [1.165, 1.54) is 25.3 Å². The van der Waals surface area contributed by atoms with Gasteiger partial charge in [0.1, 0.15) is 16.9 Å². The van der Waals surface area contributed by atoms with Crippen LogP contribution in [0, 0.1) is 17.6 Å². The molecule has 1 saturated heterocycles. The Hall–Kier alpha value is -2.30. The zero-order chi connectivity index (χ0) is 35.9. The number of nitrogens with zero attached hydrogens (tertiary/aromatic N) is 1. The second-order valence-electron chi connectivity index (χ2n) is 14.5. The fourth-order valence-corrected chi connectivity index (χ4v) is 6.78. The number of hydrogen-bond acceptors (Lipinski definition) is 7. The third-order valence-electron chi connectivity index (χ3n) is 9.20. The summed E-state index contributed by atoms with van der Waals surface area (Å²) < 4.78 is 104. The molecule has 1 aromatic heterocycles. The molecule has 3 rings (SSSR count). The Morgan fingerprint density at radius 1 is 1.15 bits per heavy atom. The van der Waals surface area contributed by atoms with Gasteiger partial charge in [-0.15, -0.1) is 4.72 Å². The molecule has 2 aromatic rings. The highest BCUT2D eigenvalue weighted by atomic mass is 32.2. The largest absolute Gasteiger partial charge is 0.598 e. The van der Waals surface area contributed by atoms with Gasteiger partial charge in [0.25, 0.3) is 5.91 Å². The lowest BCUT2D eigenvalue weighted by atomic mass is 9.77. The van der Waals surface area contributed by atoms with Gasteiger partial charge in [0.05, 0.1) is 19.4 Å². The van der Waals surface area contributed by atoms with Crippen molar-refractivity contribution in [3.8, 4) is 5.75 Å². The summed E-state index contributed by atoms with van der Waals surface area (Å²) in [6.07, 6.45) is -5.27. The molecule has 1 aliphatic rings. The number of aromatic nitrogens is 1. The van der Waals surface area contributed by atoms with Crippen molar-refractivity contribution >= 4 is 31.3 Å². The molecule has 264 valence electrons. The number of benzene rings is 1. The smallest absolute Gasteiger partial charge is 0.417 e. The molecule has 1 aromatic carbocycles. The van der Waals surface area contributed by atoms with Gasteiger partial charge in [-0.25, -0.2) is 4.39 Å². The number of nitrogens with one attached hydrogen (secondary N) is 2. The predicted octanol–water partition coefficient (Wildman–Crippen LogP) is 7.56. The lowest BCUT2D eigenvalue weighted by molar-refractivity contribution is -0.272. The van der Waals surface area contributed by atoms with E-state index in [0.717, 1.165) is 26.2 Å². The van der Waals surface area contributed by atoms with Crippen LogP contribution in [-0.4, -0.2) is 60.1 Å². The molecule has 1 fully saturated rings. The molecule has 0 aliphatic carbocycles. The Labute approximate surface area is 278 Å². The van der Waals surface area contributed by atoms with E-state index in [1.807, 2.05) is 20.8 Å². The number of amides is 1. The fraction of sp³-hybridized carbons (Fsp3) is 0.625. The zero-order valence-corrected chi connectivity index (χ0v) is 30.5. The summed E-state index contributed by atoms with van der Waals surface area (Å²) in [6, 6.07) is 4.16. The van der Waals surface area contributed by atoms with Crippen LogP contribution in [0.5, 0.6) is 5.75 Å². The second-order valence-corrected chi connectivity index (χ2v) is 21.3. The first-order chi connectivity index (χ1) is 21.4. The zero-order valence-electron chi connectivity index (χ0n) is 28.7. The minimum absolute atomic E-state index is 0.111. The van der Waals surface area contributed by atoms with Gasteiger partial charge in [-0.2, -0.15) is 17.6 Å². The highest BCUT2D eigenvalue weighted by Crippen LogP contribution is 2.55. The minimum atomic E-state index is -4.90. The van der Waals surface area contributed by atoms with Crippen molar-refractivity contribution in [1.29, 1.82) is 0 Å². The van der Waals surface area contributed by atoms with Gasteiger partial charge in [0.15, 0.2) is 25.5 Å². The average Bonchev–Trinajstić information content (AvgIpc) is 3.22. The van der Waals surface area contributed by atoms with Gasteiger partial charge >= 0.3 is 6.18 Å². The number of halogens is 5. The number of hydrogen-bond donors (Lipinski definition) is 2. The lowest BCUT2D eigenvalue weighted by Gasteiger charge is -2.37. The van der Waals surface area contributed by atoms with Crippen molar-refractivity contribution in [3.05, 3.63) is 53.4 Å². The lowest BCUT2D eigenvalue weighted by Crippen LogP contribution is -2.47. The number of ether oxygens (including phenoxy) is 2. The standard InChI is InChI=1S/C32H46F5N3O5SSi/c1-18-24(20-12-13-21(33)25(34)26(20)43-9)27(45-31(18,8)32(35,36)37)28(41)39-19-14-15-38-22(16-19)23(40-46(42)29(2,3)4)17-44-47(10,11)30(5,6)7/h12-16,18,23-24,27,40H,17H2,1-11H3,(H,38,39,41)/t18-,23-,24-,27+,31+,46?/m0/s1. The maximum atomic E-state index is 14.7. The Morgan fingerprint density at radius 3 is 2.30 bits per heavy atom. The molecule has 2 N–H and O–H groups in total. The third kappa shape index (κ3) is 8.30. The highest BCUT2D eigenvalue weighted by molar-refractivity contribution is 7.90. The number of anilines is 1. The number of pyridine rings is 1. The van der Waals surface area contributed by atoms with Crippen LogP contribution in [-0.2, 0) is 25.3 Å². The molecule has 0 spiro atoms. The number of alkyl halides is 3. The first-order valence-corrected chi connectivity index (χ1v) is 19.3. The summed E-state index contributed by atoms with van der Waals surface area (Å²) in [5, 5.41) is 2.51. The van der Waals surface area contributed by atoms with Gasteiger partial charge in [-0.3, -0.25) is 9.78 Å². The van der Waals surface area contributed by atoms with Crippen LogP contribution < -0.4 is 14.8 Å². The van der Waals surface area contributed by atoms with Crippen molar-refractivity contribution in [2.45, 2.75) is 108 Å². The summed E-state index contributed by atoms with van der Waals surface area (Å²) >= 11 is -1.53. The van der Waals surface area contributed by atoms with E-state index in [1.54, 1.807) is 0 Å². The minimum Gasteiger partial charge on any atom is -0.598 e. The number of rotatable bonds is 10. The molecule has 47 heavy (non-hydrogen) atoms. The van der Waals surface area contributed by atoms with Gasteiger partial charge in [-0.1, -0.05) is 33.8 Å². The second kappa shape index (κ2) is 13.9. The molecule has 6 atom stereocenters. The van der Waals surface area contributed by atoms with E-state index in [-0.39, 0.29) is 22.9 Å². The van der Waals surface area contributed by atoms with E-state index in [9.17, 15) is 31.3 Å². The summed E-state index contributed by atoms with van der Waals surface area (Å²) in [5.74, 6) is -6.97. The summed E-state index contributed by atoms with van der Waals surface area (Å²) in [7, 11) is -1.19. The first kappa shape index (κ1) is 39.1. The molecule has 1 unspecified atom stereocenters. The molecule has 2 heterocycles. The summed E-state index contributed by atoms with van der Waals surface area (Å²) in [6.45, 7) is 18.0. The van der Waals surface area contributed by atoms with Gasteiger partial charge in [0, 0.05) is 40.6 Å². The molecule has 15 heteroatoms. The van der Waals surface area contributed by atoms with Gasteiger partial charge in [0.2, 0.25) is 5.82 Å². The predicted molar refractivity (Wildman–Crippen MR) is 174 cm³/mol. The number of methoxy groups -OCH3 is 1. The highest BCUT2D eigenvalue weighted by Gasteiger charge is 2.66. The van der Waals surface area contributed by atoms with Crippen LogP contribution >= 0.6 is 0 Å². The van der Waals surface area contributed by atoms with Crippen molar-refractivity contribution in [1.82, 2.24) is 9.71 Å². The number of carbonyl (C=O) groups excluding carboxylic acids is 1. The van der Waals surface area contributed by atoms with Crippen LogP contribution in [0.4, 0.5) is 27.6 Å². The van der Waals surface area contributed by atoms with Crippen LogP contribution in [0.3, 0.4) is 0 Å². The molecule has 1 amide bonds. The fourth-order valence-electron chi connectivity index (χ4n) is 4.96. The Morgan fingerprint density at radius 2 is 1.77 bits per heavy atom. The quantitative estimate of drug-likeness (QED) is 0.149. The molecular formula is C32H46F5N3O5SSi. The van der Waals surface area contributed by atoms with Crippen LogP contribution in [0.2, 0.25) is 18.1 Å². The van der Waals surface area contributed by atoms with E-state index in [0.29, 0.717) is 5.69 Å². The van der Waals surface area contributed by atoms with Gasteiger partial charge < -0.3 is 23.8 Å². The monoisotopic (exact) mass is 707 g/mol. The van der Waals surface area contributed by atoms with Crippen molar-refractivity contribution < 1.29 is 45.2 Å². The van der Waals surface area contributed by atoms with E-state index in [4.69, 9.17) is 13.9 Å². The average molecular weight is 708 g/mol. The Kier molecular flexibility index (Phi) is 11.6. The van der Waals surface area contributed by atoms with Crippen LogP contribution in [0.15, 0.2) is 30.5 Å². The number of carbonyl (C=O) groups is 1. The molecule has 1 aliphatic heterocycles. The summed E-state index contributed by atoms with van der Waals surface area (Å²) in [5.41, 5.74) is -2.39. The molecule has 0 radical (unpaired) electrons. The van der Waals surface area contributed by atoms with Crippen LogP contribution in [0.25, 0.3) is 0 Å². The normalized spacial score (nSPS) is 23.8. The molecular weight excluding hydrogens is 662 g/mol. The Balaban J connectivity index is 2.00. The third-order valence-corrected chi connectivity index (χ3v) is 15.3. The first-order valence-electron chi connectivity index (χ1n) is 15.2. The topological polar surface area (TPSA) is 105 Å². The SMILES string of the molecule is COc1c([C@H]2[C@H](C(=O)Nc3ccnc([C@H](CO[Si](C)(C)C(C)(C)C)N[S+]([O-])C(C)(C)C)c3)O[C@@](C)(C(F)(F)F)[C@H]2C)ccc(F)c1F. The van der Waals surface area contributed by atoms with Crippen molar-refractivity contribution in [2.75, 3.05) is 19.0 Å². The van der Waals surface area contributed by atoms with Crippen molar-refractivity contribution in [2.24, 2.45) is 5.92 Å². The van der Waals surface area contributed by atoms with Gasteiger partial charge in [-0.05, 0) is 64.0 Å². The summed E-state index contributed by atoms with van der Waals surface area (Å²) in [4.78, 5) is 18.2. The maximum absolute atomic E-state index is 14.7. The Bertz CT molecular complexity index is 1440. The maximum Gasteiger partial charge on any atom is 0.417 e. The molecule has 8 nitrogen and oxygen atoms in total. The van der Waals surface area contributed by atoms with E-state index >= 15 is 0 Å². The molecule has 0 bridgehead atoms.